The lowest BCUT2D eigenvalue weighted by molar-refractivity contribution is -0.175. The molecule has 1 rings (SSSR count). The molecule has 0 spiro atoms. The lowest BCUT2D eigenvalue weighted by atomic mass is 9.89. The summed E-state index contributed by atoms with van der Waals surface area (Å²) < 4.78 is 10.8. The van der Waals surface area contributed by atoms with E-state index in [0.717, 1.165) is 5.56 Å². The van der Waals surface area contributed by atoms with Gasteiger partial charge in [0.2, 0.25) is 0 Å². The number of carbonyl (C=O) groups is 2. The van der Waals surface area contributed by atoms with E-state index in [9.17, 15) is 14.7 Å². The van der Waals surface area contributed by atoms with Crippen molar-refractivity contribution in [3.05, 3.63) is 35.9 Å². The van der Waals surface area contributed by atoms with Gasteiger partial charge in [-0.3, -0.25) is 9.59 Å². The standard InChI is InChI=1S/C21H32O5/c1-20(2,3)25-18(23)17(19(24)26-21(4,5)6)13-16(14-22)12-15-10-8-7-9-11-15/h7-11,16-17,22H,12-14H2,1-6H3. The van der Waals surface area contributed by atoms with E-state index in [2.05, 4.69) is 0 Å². The average Bonchev–Trinajstić information content (AvgIpc) is 2.48. The van der Waals surface area contributed by atoms with Crippen LogP contribution in [0.15, 0.2) is 30.3 Å². The zero-order chi connectivity index (χ0) is 20.0. The molecule has 0 heterocycles. The van der Waals surface area contributed by atoms with Gasteiger partial charge in [-0.1, -0.05) is 30.3 Å². The van der Waals surface area contributed by atoms with Crippen molar-refractivity contribution in [3.63, 3.8) is 0 Å². The summed E-state index contributed by atoms with van der Waals surface area (Å²) in [6.07, 6.45) is 0.745. The highest BCUT2D eigenvalue weighted by molar-refractivity contribution is 5.95. The minimum Gasteiger partial charge on any atom is -0.459 e. The molecule has 0 aliphatic rings. The van der Waals surface area contributed by atoms with Crippen LogP contribution in [0.25, 0.3) is 0 Å². The van der Waals surface area contributed by atoms with Crippen LogP contribution < -0.4 is 0 Å². The molecule has 1 aromatic carbocycles. The maximum Gasteiger partial charge on any atom is 0.320 e. The van der Waals surface area contributed by atoms with Gasteiger partial charge in [0.1, 0.15) is 11.2 Å². The molecule has 0 bridgehead atoms. The van der Waals surface area contributed by atoms with E-state index in [-0.39, 0.29) is 18.9 Å². The van der Waals surface area contributed by atoms with Gasteiger partial charge < -0.3 is 14.6 Å². The molecule has 0 fully saturated rings. The molecule has 146 valence electrons. The Balaban J connectivity index is 2.94. The maximum absolute atomic E-state index is 12.6. The minimum absolute atomic E-state index is 0.128. The lowest BCUT2D eigenvalue weighted by Crippen LogP contribution is -2.38. The predicted octanol–water partition coefficient (Wildman–Crippen LogP) is 3.53. The first-order valence-electron chi connectivity index (χ1n) is 9.02. The van der Waals surface area contributed by atoms with Crippen molar-refractivity contribution in [2.45, 2.75) is 65.6 Å². The number of hydrogen-bond acceptors (Lipinski definition) is 5. The van der Waals surface area contributed by atoms with Gasteiger partial charge in [-0.05, 0) is 65.9 Å². The van der Waals surface area contributed by atoms with Gasteiger partial charge in [0.15, 0.2) is 5.92 Å². The molecular weight excluding hydrogens is 332 g/mol. The average molecular weight is 364 g/mol. The van der Waals surface area contributed by atoms with Crippen LogP contribution in [0.1, 0.15) is 53.5 Å². The fourth-order valence-corrected chi connectivity index (χ4v) is 2.54. The van der Waals surface area contributed by atoms with Crippen LogP contribution in [0.3, 0.4) is 0 Å². The van der Waals surface area contributed by atoms with Crippen molar-refractivity contribution in [1.29, 1.82) is 0 Å². The van der Waals surface area contributed by atoms with Crippen molar-refractivity contribution < 1.29 is 24.2 Å². The van der Waals surface area contributed by atoms with Gasteiger partial charge in [0.05, 0.1) is 0 Å². The Labute approximate surface area is 156 Å². The summed E-state index contributed by atoms with van der Waals surface area (Å²) in [7, 11) is 0. The molecule has 1 aromatic rings. The zero-order valence-corrected chi connectivity index (χ0v) is 16.7. The molecule has 0 aromatic heterocycles. The molecule has 5 heteroatoms. The SMILES string of the molecule is CC(C)(C)OC(=O)C(CC(CO)Cc1ccccc1)C(=O)OC(C)(C)C. The van der Waals surface area contributed by atoms with Crippen LogP contribution in [0.4, 0.5) is 0 Å². The number of aliphatic hydroxyl groups is 1. The summed E-state index contributed by atoms with van der Waals surface area (Å²) in [6, 6.07) is 9.67. The van der Waals surface area contributed by atoms with Crippen LogP contribution in [0.2, 0.25) is 0 Å². The van der Waals surface area contributed by atoms with E-state index in [4.69, 9.17) is 9.47 Å². The van der Waals surface area contributed by atoms with E-state index in [1.54, 1.807) is 41.5 Å². The smallest absolute Gasteiger partial charge is 0.320 e. The first-order chi connectivity index (χ1) is 11.9. The van der Waals surface area contributed by atoms with E-state index < -0.39 is 29.1 Å². The topological polar surface area (TPSA) is 72.8 Å². The van der Waals surface area contributed by atoms with Crippen molar-refractivity contribution in [3.8, 4) is 0 Å². The predicted molar refractivity (Wildman–Crippen MR) is 101 cm³/mol. The second kappa shape index (κ2) is 9.17. The zero-order valence-electron chi connectivity index (χ0n) is 16.7. The van der Waals surface area contributed by atoms with E-state index in [1.807, 2.05) is 30.3 Å². The highest BCUT2D eigenvalue weighted by Crippen LogP contribution is 2.24. The Morgan fingerprint density at radius 2 is 1.38 bits per heavy atom. The summed E-state index contributed by atoms with van der Waals surface area (Å²) in [5, 5.41) is 9.76. The first kappa shape index (κ1) is 22.2. The van der Waals surface area contributed by atoms with Crippen molar-refractivity contribution in [1.82, 2.24) is 0 Å². The van der Waals surface area contributed by atoms with E-state index >= 15 is 0 Å². The number of carbonyl (C=O) groups excluding carboxylic acids is 2. The van der Waals surface area contributed by atoms with Gasteiger partial charge in [0.25, 0.3) is 0 Å². The summed E-state index contributed by atoms with van der Waals surface area (Å²) in [6.45, 7) is 10.4. The Morgan fingerprint density at radius 3 is 1.77 bits per heavy atom. The third-order valence-electron chi connectivity index (χ3n) is 3.58. The molecule has 0 saturated heterocycles. The molecule has 0 radical (unpaired) electrons. The highest BCUT2D eigenvalue weighted by atomic mass is 16.6. The number of benzene rings is 1. The number of rotatable bonds is 7. The van der Waals surface area contributed by atoms with E-state index in [0.29, 0.717) is 6.42 Å². The molecular formula is C21H32O5. The Hall–Kier alpha value is -1.88. The van der Waals surface area contributed by atoms with Crippen LogP contribution in [0.5, 0.6) is 0 Å². The van der Waals surface area contributed by atoms with Crippen molar-refractivity contribution >= 4 is 11.9 Å². The van der Waals surface area contributed by atoms with Crippen molar-refractivity contribution in [2.24, 2.45) is 11.8 Å². The molecule has 1 atom stereocenters. The summed E-state index contributed by atoms with van der Waals surface area (Å²) in [4.78, 5) is 25.2. The van der Waals surface area contributed by atoms with Gasteiger partial charge in [-0.15, -0.1) is 0 Å². The fourth-order valence-electron chi connectivity index (χ4n) is 2.54. The number of ether oxygens (including phenoxy) is 2. The number of esters is 2. The Morgan fingerprint density at radius 1 is 0.923 bits per heavy atom. The second-order valence-corrected chi connectivity index (χ2v) is 8.59. The first-order valence-corrected chi connectivity index (χ1v) is 9.02. The molecule has 0 aliphatic carbocycles. The molecule has 1 N–H and O–H groups in total. The number of hydrogen-bond donors (Lipinski definition) is 1. The minimum atomic E-state index is -1.06. The number of aliphatic hydroxyl groups excluding tert-OH is 1. The second-order valence-electron chi connectivity index (χ2n) is 8.59. The quantitative estimate of drug-likeness (QED) is 0.592. The van der Waals surface area contributed by atoms with Crippen LogP contribution in [-0.2, 0) is 25.5 Å². The molecule has 0 amide bonds. The van der Waals surface area contributed by atoms with Crippen LogP contribution in [-0.4, -0.2) is 34.9 Å². The highest BCUT2D eigenvalue weighted by Gasteiger charge is 2.36. The maximum atomic E-state index is 12.6. The third kappa shape index (κ3) is 8.48. The fraction of sp³-hybridized carbons (Fsp3) is 0.619. The van der Waals surface area contributed by atoms with Gasteiger partial charge in [0, 0.05) is 6.61 Å². The van der Waals surface area contributed by atoms with Gasteiger partial charge >= 0.3 is 11.9 Å². The van der Waals surface area contributed by atoms with Gasteiger partial charge in [-0.2, -0.15) is 0 Å². The van der Waals surface area contributed by atoms with Gasteiger partial charge in [-0.25, -0.2) is 0 Å². The largest absolute Gasteiger partial charge is 0.459 e. The lowest BCUT2D eigenvalue weighted by Gasteiger charge is -2.28. The molecule has 0 saturated carbocycles. The third-order valence-corrected chi connectivity index (χ3v) is 3.58. The molecule has 0 aliphatic heterocycles. The van der Waals surface area contributed by atoms with E-state index in [1.165, 1.54) is 0 Å². The Bertz CT molecular complexity index is 553. The molecule has 5 nitrogen and oxygen atoms in total. The van der Waals surface area contributed by atoms with Crippen LogP contribution in [0, 0.1) is 11.8 Å². The normalized spacial score (nSPS) is 13.4. The summed E-state index contributed by atoms with van der Waals surface area (Å²) >= 11 is 0. The summed E-state index contributed by atoms with van der Waals surface area (Å²) in [5.41, 5.74) is -0.365. The summed E-state index contributed by atoms with van der Waals surface area (Å²) in [5.74, 6) is -2.53. The molecule has 1 unspecified atom stereocenters. The Kier molecular flexibility index (Phi) is 7.82. The molecule has 26 heavy (non-hydrogen) atoms. The van der Waals surface area contributed by atoms with Crippen molar-refractivity contribution in [2.75, 3.05) is 6.61 Å². The monoisotopic (exact) mass is 364 g/mol. The van der Waals surface area contributed by atoms with Crippen LogP contribution >= 0.6 is 0 Å².